The van der Waals surface area contributed by atoms with E-state index in [1.807, 2.05) is 12.1 Å². The number of carbonyl (C=O) groups excluding carboxylic acids is 1. The Morgan fingerprint density at radius 1 is 1.22 bits per heavy atom. The highest BCUT2D eigenvalue weighted by molar-refractivity contribution is 6.31. The number of rotatable bonds is 7. The Balaban J connectivity index is 1.69. The van der Waals surface area contributed by atoms with E-state index in [1.165, 1.54) is 18.3 Å². The van der Waals surface area contributed by atoms with Gasteiger partial charge in [-0.25, -0.2) is 13.2 Å². The number of methoxy groups -OCH3 is 1. The summed E-state index contributed by atoms with van der Waals surface area (Å²) in [4.78, 5) is 13.2. The second-order valence-corrected chi connectivity index (χ2v) is 8.72. The lowest BCUT2D eigenvalue weighted by Crippen LogP contribution is -2.41. The van der Waals surface area contributed by atoms with Crippen molar-refractivity contribution in [2.45, 2.75) is 25.2 Å². The van der Waals surface area contributed by atoms with Gasteiger partial charge in [0.25, 0.3) is 12.3 Å². The molecule has 3 N–H and O–H groups in total. The number of hydrogen-bond donors (Lipinski definition) is 3. The van der Waals surface area contributed by atoms with Crippen LogP contribution in [0.4, 0.5) is 18.9 Å². The van der Waals surface area contributed by atoms with Gasteiger partial charge in [-0.3, -0.25) is 9.48 Å². The molecule has 3 aromatic carbocycles. The molecule has 0 saturated carbocycles. The first-order valence-electron chi connectivity index (χ1n) is 10.9. The summed E-state index contributed by atoms with van der Waals surface area (Å²) in [5.74, 6) is -0.673. The van der Waals surface area contributed by atoms with Crippen molar-refractivity contribution in [3.63, 3.8) is 0 Å². The predicted molar refractivity (Wildman–Crippen MR) is 128 cm³/mol. The van der Waals surface area contributed by atoms with E-state index in [1.54, 1.807) is 19.2 Å². The Morgan fingerprint density at radius 3 is 2.67 bits per heavy atom. The number of amides is 1. The molecule has 1 aliphatic heterocycles. The van der Waals surface area contributed by atoms with E-state index in [-0.39, 0.29) is 44.8 Å². The molecule has 5 rings (SSSR count). The van der Waals surface area contributed by atoms with Crippen LogP contribution in [0.3, 0.4) is 0 Å². The van der Waals surface area contributed by atoms with E-state index >= 15 is 0 Å². The number of ether oxygens (including phenoxy) is 1. The summed E-state index contributed by atoms with van der Waals surface area (Å²) in [6, 6.07) is 12.2. The fraction of sp³-hybridized carbons (Fsp3) is 0.200. The Morgan fingerprint density at radius 2 is 1.97 bits per heavy atom. The lowest BCUT2D eigenvalue weighted by atomic mass is 9.91. The summed E-state index contributed by atoms with van der Waals surface area (Å²) >= 11 is 6.30. The second-order valence-electron chi connectivity index (χ2n) is 8.32. The van der Waals surface area contributed by atoms with Gasteiger partial charge in [0.05, 0.1) is 24.4 Å². The topological polar surface area (TPSA) is 88.4 Å². The molecule has 2 heterocycles. The van der Waals surface area contributed by atoms with Crippen LogP contribution in [0, 0.1) is 5.82 Å². The van der Waals surface area contributed by atoms with Crippen molar-refractivity contribution in [1.82, 2.24) is 15.1 Å². The van der Waals surface area contributed by atoms with Crippen molar-refractivity contribution in [3.05, 3.63) is 87.8 Å². The highest BCUT2D eigenvalue weighted by Gasteiger charge is 2.47. The molecule has 1 amide bonds. The fourth-order valence-electron chi connectivity index (χ4n) is 4.45. The number of fused-ring (bicyclic) bond motifs is 3. The number of halogens is 4. The van der Waals surface area contributed by atoms with Crippen molar-refractivity contribution >= 4 is 34.1 Å². The van der Waals surface area contributed by atoms with Gasteiger partial charge >= 0.3 is 0 Å². The molecule has 0 bridgehead atoms. The summed E-state index contributed by atoms with van der Waals surface area (Å²) in [7, 11) is 1.55. The number of anilines is 1. The number of alkyl halides is 2. The van der Waals surface area contributed by atoms with Crippen LogP contribution in [0.5, 0.6) is 5.75 Å². The molecule has 0 saturated heterocycles. The summed E-state index contributed by atoms with van der Waals surface area (Å²) < 4.78 is 46.8. The third-order valence-corrected chi connectivity index (χ3v) is 6.43. The maximum Gasteiger partial charge on any atom is 0.257 e. The number of benzene rings is 3. The van der Waals surface area contributed by atoms with Gasteiger partial charge in [0.1, 0.15) is 18.1 Å². The average molecular weight is 517 g/mol. The Kier molecular flexibility index (Phi) is 6.01. The maximum absolute atomic E-state index is 14.2. The molecule has 0 aliphatic carbocycles. The first kappa shape index (κ1) is 24.0. The summed E-state index contributed by atoms with van der Waals surface area (Å²) in [5.41, 5.74) is -0.738. The van der Waals surface area contributed by atoms with E-state index in [0.29, 0.717) is 5.75 Å². The summed E-state index contributed by atoms with van der Waals surface area (Å²) in [6.45, 7) is -0.423. The highest BCUT2D eigenvalue weighted by atomic mass is 35.5. The summed E-state index contributed by atoms with van der Waals surface area (Å²) in [5, 5.41) is 21.8. The molecule has 1 atom stereocenters. The fourth-order valence-corrected chi connectivity index (χ4v) is 4.71. The second kappa shape index (κ2) is 9.03. The quantitative estimate of drug-likeness (QED) is 0.333. The maximum atomic E-state index is 14.2. The van der Waals surface area contributed by atoms with Crippen LogP contribution in [-0.4, -0.2) is 34.3 Å². The molecule has 186 valence electrons. The van der Waals surface area contributed by atoms with E-state index in [4.69, 9.17) is 16.3 Å². The van der Waals surface area contributed by atoms with Crippen molar-refractivity contribution < 1.29 is 27.8 Å². The molecule has 1 aliphatic rings. The third-order valence-electron chi connectivity index (χ3n) is 6.10. The minimum Gasteiger partial charge on any atom is -0.497 e. The minimum absolute atomic E-state index is 0.0293. The van der Waals surface area contributed by atoms with Gasteiger partial charge < -0.3 is 20.5 Å². The molecular weight excluding hydrogens is 497 g/mol. The van der Waals surface area contributed by atoms with Crippen LogP contribution in [0.25, 0.3) is 10.9 Å². The lowest BCUT2D eigenvalue weighted by molar-refractivity contribution is 0.0478. The van der Waals surface area contributed by atoms with Crippen LogP contribution in [0.1, 0.15) is 27.0 Å². The van der Waals surface area contributed by atoms with Crippen molar-refractivity contribution in [2.75, 3.05) is 12.4 Å². The Labute approximate surface area is 208 Å². The standard InChI is InChI=1S/C25H20ClF3N4O3/c1-36-15-5-2-13(3-6-15)10-30-19-9-20-16(11-31-33(20)12-21(28)29)22-23(19)25(35,32-24(22)34)17-8-14(27)4-7-18(17)26/h2-9,11,21,30,35H,10,12H2,1H3,(H,32,34). The number of carbonyl (C=O) groups is 1. The van der Waals surface area contributed by atoms with Gasteiger partial charge in [0.15, 0.2) is 5.72 Å². The molecule has 0 fully saturated rings. The van der Waals surface area contributed by atoms with Gasteiger partial charge in [0, 0.05) is 33.8 Å². The zero-order valence-corrected chi connectivity index (χ0v) is 19.6. The SMILES string of the molecule is COc1ccc(CNc2cc3c(cnn3CC(F)F)c3c2C(O)(c2cc(F)ccc2Cl)NC3=O)cc1. The number of nitrogens with zero attached hydrogens (tertiary/aromatic N) is 2. The third kappa shape index (κ3) is 4.02. The van der Waals surface area contributed by atoms with E-state index < -0.39 is 30.4 Å². The first-order chi connectivity index (χ1) is 17.2. The number of aliphatic hydroxyl groups is 1. The molecule has 11 heteroatoms. The van der Waals surface area contributed by atoms with Crippen molar-refractivity contribution in [3.8, 4) is 5.75 Å². The minimum atomic E-state index is -2.67. The molecule has 0 spiro atoms. The molecule has 4 aromatic rings. The Bertz CT molecular complexity index is 1480. The highest BCUT2D eigenvalue weighted by Crippen LogP contribution is 2.45. The monoisotopic (exact) mass is 516 g/mol. The van der Waals surface area contributed by atoms with Gasteiger partial charge in [-0.05, 0) is 42.0 Å². The smallest absolute Gasteiger partial charge is 0.257 e. The van der Waals surface area contributed by atoms with Crippen molar-refractivity contribution in [1.29, 1.82) is 0 Å². The molecule has 36 heavy (non-hydrogen) atoms. The normalized spacial score (nSPS) is 16.9. The van der Waals surface area contributed by atoms with Gasteiger partial charge in [0.2, 0.25) is 0 Å². The summed E-state index contributed by atoms with van der Waals surface area (Å²) in [6.07, 6.45) is -1.38. The van der Waals surface area contributed by atoms with Crippen LogP contribution in [0.15, 0.2) is 54.7 Å². The molecular formula is C25H20ClF3N4O3. The van der Waals surface area contributed by atoms with Crippen LogP contribution >= 0.6 is 11.6 Å². The van der Waals surface area contributed by atoms with Crippen molar-refractivity contribution in [2.24, 2.45) is 0 Å². The Hall–Kier alpha value is -3.76. The lowest BCUT2D eigenvalue weighted by Gasteiger charge is -2.28. The zero-order valence-electron chi connectivity index (χ0n) is 18.9. The number of hydrogen-bond acceptors (Lipinski definition) is 5. The number of nitrogens with one attached hydrogen (secondary N) is 2. The molecule has 1 unspecified atom stereocenters. The van der Waals surface area contributed by atoms with E-state index in [9.17, 15) is 23.1 Å². The van der Waals surface area contributed by atoms with Crippen LogP contribution in [0.2, 0.25) is 5.02 Å². The van der Waals surface area contributed by atoms with E-state index in [2.05, 4.69) is 15.7 Å². The first-order valence-corrected chi connectivity index (χ1v) is 11.3. The largest absolute Gasteiger partial charge is 0.497 e. The van der Waals surface area contributed by atoms with Gasteiger partial charge in [-0.2, -0.15) is 5.10 Å². The van der Waals surface area contributed by atoms with E-state index in [0.717, 1.165) is 22.4 Å². The molecule has 1 aromatic heterocycles. The average Bonchev–Trinajstić information content (AvgIpc) is 3.37. The van der Waals surface area contributed by atoms with Crippen LogP contribution in [-0.2, 0) is 18.8 Å². The zero-order chi connectivity index (χ0) is 25.6. The van der Waals surface area contributed by atoms with Gasteiger partial charge in [-0.1, -0.05) is 23.7 Å². The number of aromatic nitrogens is 2. The molecule has 7 nitrogen and oxygen atoms in total. The predicted octanol–water partition coefficient (Wildman–Crippen LogP) is 4.65. The van der Waals surface area contributed by atoms with Gasteiger partial charge in [-0.15, -0.1) is 0 Å². The molecule has 0 radical (unpaired) electrons. The van der Waals surface area contributed by atoms with Crippen LogP contribution < -0.4 is 15.4 Å².